The first kappa shape index (κ1) is 9.00. The van der Waals surface area contributed by atoms with E-state index < -0.39 is 0 Å². The molecule has 0 aliphatic rings. The quantitative estimate of drug-likeness (QED) is 0.572. The molecule has 0 heterocycles. The van der Waals surface area contributed by atoms with Crippen molar-refractivity contribution in [2.24, 2.45) is 0 Å². The van der Waals surface area contributed by atoms with E-state index in [1.54, 1.807) is 0 Å². The summed E-state index contributed by atoms with van der Waals surface area (Å²) in [4.78, 5) is 0. The average molecular weight is 181 g/mol. The molecular formula is C9H11NOS. The van der Waals surface area contributed by atoms with E-state index in [2.05, 4.69) is 12.2 Å². The van der Waals surface area contributed by atoms with E-state index in [0.717, 1.165) is 16.8 Å². The third-order valence-electron chi connectivity index (χ3n) is 1.74. The minimum Gasteiger partial charge on any atom is -0.485 e. The number of anilines is 1. The molecule has 0 saturated heterocycles. The maximum Gasteiger partial charge on any atom is 0.146 e. The summed E-state index contributed by atoms with van der Waals surface area (Å²) >= 11 is 4.55. The molecule has 0 fully saturated rings. The van der Waals surface area contributed by atoms with Crippen molar-refractivity contribution in [1.29, 1.82) is 0 Å². The van der Waals surface area contributed by atoms with Crippen molar-refractivity contribution in [2.45, 2.75) is 13.5 Å². The van der Waals surface area contributed by atoms with Gasteiger partial charge in [-0.15, -0.1) is 0 Å². The van der Waals surface area contributed by atoms with Crippen LogP contribution in [0, 0.1) is 6.92 Å². The molecule has 12 heavy (non-hydrogen) atoms. The number of hydrogen-bond acceptors (Lipinski definition) is 3. The topological polar surface area (TPSA) is 35.2 Å². The highest BCUT2D eigenvalue weighted by Crippen LogP contribution is 2.16. The predicted octanol–water partition coefficient (Wildman–Crippen LogP) is 2.05. The second-order valence-corrected chi connectivity index (χ2v) is 2.74. The Morgan fingerprint density at radius 2 is 2.33 bits per heavy atom. The number of aryl methyl sites for hydroxylation is 1. The Kier molecular flexibility index (Phi) is 3.05. The Hall–Kier alpha value is -1.09. The molecule has 0 unspecified atom stereocenters. The largest absolute Gasteiger partial charge is 0.485 e. The first-order chi connectivity index (χ1) is 5.75. The summed E-state index contributed by atoms with van der Waals surface area (Å²) in [6.07, 6.45) is 0. The molecule has 0 aliphatic carbocycles. The zero-order valence-electron chi connectivity index (χ0n) is 6.91. The van der Waals surface area contributed by atoms with Gasteiger partial charge in [0.05, 0.1) is 0 Å². The number of nitrogen functional groups attached to an aromatic ring is 1. The molecule has 3 heteroatoms. The van der Waals surface area contributed by atoms with Gasteiger partial charge in [0.25, 0.3) is 0 Å². The SMILES string of the molecule is Cc1cccc(N)c1COC=S. The normalized spacial score (nSPS) is 9.42. The molecule has 1 aromatic carbocycles. The fourth-order valence-corrected chi connectivity index (χ4v) is 1.11. The van der Waals surface area contributed by atoms with Gasteiger partial charge in [-0.1, -0.05) is 12.1 Å². The first-order valence-electron chi connectivity index (χ1n) is 3.65. The maximum atomic E-state index is 5.73. The lowest BCUT2D eigenvalue weighted by molar-refractivity contribution is 0.315. The Morgan fingerprint density at radius 3 is 2.92 bits per heavy atom. The van der Waals surface area contributed by atoms with Crippen molar-refractivity contribution in [3.05, 3.63) is 29.3 Å². The fourth-order valence-electron chi connectivity index (χ4n) is 1.04. The molecule has 0 radical (unpaired) electrons. The van der Waals surface area contributed by atoms with Crippen LogP contribution in [-0.2, 0) is 11.3 Å². The number of hydrogen-bond donors (Lipinski definition) is 1. The molecule has 0 aliphatic heterocycles. The standard InChI is InChI=1S/C9H11NOS/c1-7-3-2-4-9(10)8(7)5-11-6-12/h2-4,6H,5,10H2,1H3. The molecule has 0 atom stereocenters. The lowest BCUT2D eigenvalue weighted by atomic mass is 10.1. The molecule has 0 saturated carbocycles. The number of thiocarbonyl (C=S) groups is 1. The summed E-state index contributed by atoms with van der Waals surface area (Å²) in [7, 11) is 0. The van der Waals surface area contributed by atoms with Gasteiger partial charge in [-0.05, 0) is 30.8 Å². The second kappa shape index (κ2) is 4.07. The molecule has 0 aromatic heterocycles. The number of benzene rings is 1. The second-order valence-electron chi connectivity index (χ2n) is 2.55. The Bertz CT molecular complexity index is 266. The highest BCUT2D eigenvalue weighted by molar-refractivity contribution is 7.78. The van der Waals surface area contributed by atoms with Crippen LogP contribution in [0.2, 0.25) is 0 Å². The monoisotopic (exact) mass is 181 g/mol. The summed E-state index contributed by atoms with van der Waals surface area (Å²) < 4.78 is 4.99. The molecular weight excluding hydrogens is 170 g/mol. The molecule has 2 N–H and O–H groups in total. The van der Waals surface area contributed by atoms with Gasteiger partial charge in [-0.2, -0.15) is 0 Å². The van der Waals surface area contributed by atoms with Crippen molar-refractivity contribution < 1.29 is 4.74 Å². The van der Waals surface area contributed by atoms with E-state index in [4.69, 9.17) is 10.5 Å². The molecule has 0 amide bonds. The summed E-state index contributed by atoms with van der Waals surface area (Å²) in [5.74, 6) is 0. The third kappa shape index (κ3) is 1.95. The Labute approximate surface area is 77.3 Å². The minimum absolute atomic E-state index is 0.460. The summed E-state index contributed by atoms with van der Waals surface area (Å²) in [5.41, 5.74) is 9.89. The third-order valence-corrected chi connectivity index (χ3v) is 1.88. The van der Waals surface area contributed by atoms with Crippen LogP contribution in [-0.4, -0.2) is 5.55 Å². The molecule has 2 nitrogen and oxygen atoms in total. The van der Waals surface area contributed by atoms with Crippen molar-refractivity contribution in [2.75, 3.05) is 5.73 Å². The van der Waals surface area contributed by atoms with Crippen LogP contribution in [0.25, 0.3) is 0 Å². The van der Waals surface area contributed by atoms with E-state index in [-0.39, 0.29) is 0 Å². The first-order valence-corrected chi connectivity index (χ1v) is 4.12. The highest BCUT2D eigenvalue weighted by atomic mass is 32.1. The number of rotatable bonds is 3. The van der Waals surface area contributed by atoms with E-state index in [1.165, 1.54) is 5.55 Å². The number of nitrogens with two attached hydrogens (primary N) is 1. The molecule has 64 valence electrons. The van der Waals surface area contributed by atoms with E-state index in [9.17, 15) is 0 Å². The van der Waals surface area contributed by atoms with Gasteiger partial charge in [0.1, 0.15) is 12.2 Å². The van der Waals surface area contributed by atoms with Gasteiger partial charge < -0.3 is 10.5 Å². The van der Waals surface area contributed by atoms with E-state index in [0.29, 0.717) is 6.61 Å². The molecule has 1 aromatic rings. The van der Waals surface area contributed by atoms with E-state index in [1.807, 2.05) is 25.1 Å². The van der Waals surface area contributed by atoms with Crippen molar-refractivity contribution in [3.8, 4) is 0 Å². The van der Waals surface area contributed by atoms with Gasteiger partial charge in [0.15, 0.2) is 0 Å². The zero-order valence-corrected chi connectivity index (χ0v) is 7.73. The van der Waals surface area contributed by atoms with Crippen LogP contribution in [0.3, 0.4) is 0 Å². The van der Waals surface area contributed by atoms with Crippen LogP contribution in [0.1, 0.15) is 11.1 Å². The van der Waals surface area contributed by atoms with Crippen molar-refractivity contribution >= 4 is 23.5 Å². The van der Waals surface area contributed by atoms with Crippen LogP contribution in [0.4, 0.5) is 5.69 Å². The summed E-state index contributed by atoms with van der Waals surface area (Å²) in [6, 6.07) is 5.78. The molecule has 1 rings (SSSR count). The lowest BCUT2D eigenvalue weighted by Gasteiger charge is -2.07. The van der Waals surface area contributed by atoms with E-state index >= 15 is 0 Å². The predicted molar refractivity (Wildman–Crippen MR) is 54.0 cm³/mol. The van der Waals surface area contributed by atoms with Crippen LogP contribution >= 0.6 is 12.2 Å². The van der Waals surface area contributed by atoms with Crippen LogP contribution < -0.4 is 5.73 Å². The van der Waals surface area contributed by atoms with Crippen LogP contribution in [0.15, 0.2) is 18.2 Å². The Balaban J connectivity index is 2.88. The number of ether oxygens (including phenoxy) is 1. The maximum absolute atomic E-state index is 5.73. The van der Waals surface area contributed by atoms with Gasteiger partial charge >= 0.3 is 0 Å². The summed E-state index contributed by atoms with van der Waals surface area (Å²) in [5, 5.41) is 0. The van der Waals surface area contributed by atoms with Gasteiger partial charge in [-0.25, -0.2) is 0 Å². The zero-order chi connectivity index (χ0) is 8.97. The molecule has 0 bridgehead atoms. The lowest BCUT2D eigenvalue weighted by Crippen LogP contribution is -1.98. The smallest absolute Gasteiger partial charge is 0.146 e. The fraction of sp³-hybridized carbons (Fsp3) is 0.222. The minimum atomic E-state index is 0.460. The average Bonchev–Trinajstić information content (AvgIpc) is 2.04. The van der Waals surface area contributed by atoms with Gasteiger partial charge in [-0.3, -0.25) is 0 Å². The van der Waals surface area contributed by atoms with Gasteiger partial charge in [0.2, 0.25) is 0 Å². The highest BCUT2D eigenvalue weighted by Gasteiger charge is 2.01. The van der Waals surface area contributed by atoms with Crippen molar-refractivity contribution in [1.82, 2.24) is 0 Å². The van der Waals surface area contributed by atoms with Gasteiger partial charge in [0, 0.05) is 11.3 Å². The Morgan fingerprint density at radius 1 is 1.58 bits per heavy atom. The van der Waals surface area contributed by atoms with Crippen molar-refractivity contribution in [3.63, 3.8) is 0 Å². The summed E-state index contributed by atoms with van der Waals surface area (Å²) in [6.45, 7) is 2.46. The molecule has 0 spiro atoms. The van der Waals surface area contributed by atoms with Crippen LogP contribution in [0.5, 0.6) is 0 Å².